The van der Waals surface area contributed by atoms with Gasteiger partial charge in [0.05, 0.1) is 36.3 Å². The minimum absolute atomic E-state index is 0.0979. The van der Waals surface area contributed by atoms with Gasteiger partial charge < -0.3 is 19.5 Å². The Morgan fingerprint density at radius 3 is 2.63 bits per heavy atom. The van der Waals surface area contributed by atoms with Crippen molar-refractivity contribution in [2.24, 2.45) is 0 Å². The van der Waals surface area contributed by atoms with Gasteiger partial charge in [-0.15, -0.1) is 0 Å². The molecule has 0 saturated carbocycles. The highest BCUT2D eigenvalue weighted by Gasteiger charge is 2.31. The summed E-state index contributed by atoms with van der Waals surface area (Å²) in [7, 11) is 1.63. The number of hydrogen-bond donors (Lipinski definition) is 1. The van der Waals surface area contributed by atoms with E-state index in [1.54, 1.807) is 19.2 Å². The molecule has 0 unspecified atom stereocenters. The summed E-state index contributed by atoms with van der Waals surface area (Å²) in [6.07, 6.45) is -0.895. The lowest BCUT2D eigenvalue weighted by atomic mass is 10.1. The van der Waals surface area contributed by atoms with E-state index in [2.05, 4.69) is 5.32 Å². The van der Waals surface area contributed by atoms with Gasteiger partial charge in [-0.05, 0) is 43.2 Å². The zero-order valence-electron chi connectivity index (χ0n) is 15.1. The number of furan rings is 1. The summed E-state index contributed by atoms with van der Waals surface area (Å²) in [5.41, 5.74) is 0.290. The fourth-order valence-corrected chi connectivity index (χ4v) is 3.12. The number of hydrogen-bond acceptors (Lipinski definition) is 4. The maximum absolute atomic E-state index is 13.1. The van der Waals surface area contributed by atoms with Gasteiger partial charge in [0, 0.05) is 20.1 Å². The number of nitrogens with one attached hydrogen (secondary N) is 1. The van der Waals surface area contributed by atoms with Crippen LogP contribution in [0.2, 0.25) is 0 Å². The number of benzene rings is 1. The van der Waals surface area contributed by atoms with Crippen molar-refractivity contribution in [2.45, 2.75) is 25.6 Å². The van der Waals surface area contributed by atoms with Crippen LogP contribution in [-0.2, 0) is 17.5 Å². The van der Waals surface area contributed by atoms with Crippen LogP contribution in [0.3, 0.4) is 0 Å². The van der Waals surface area contributed by atoms with Crippen molar-refractivity contribution in [3.63, 3.8) is 0 Å². The van der Waals surface area contributed by atoms with Gasteiger partial charge in [-0.2, -0.15) is 13.2 Å². The Labute approximate surface area is 155 Å². The van der Waals surface area contributed by atoms with E-state index in [1.165, 1.54) is 17.2 Å². The van der Waals surface area contributed by atoms with E-state index >= 15 is 0 Å². The largest absolute Gasteiger partial charge is 0.467 e. The molecular weight excluding hydrogens is 359 g/mol. The maximum Gasteiger partial charge on any atom is 0.416 e. The van der Waals surface area contributed by atoms with Crippen LogP contribution in [0.15, 0.2) is 41.0 Å². The Balaban J connectivity index is 1.72. The monoisotopic (exact) mass is 381 g/mol. The van der Waals surface area contributed by atoms with Crippen LogP contribution < -0.4 is 10.2 Å². The highest BCUT2D eigenvalue weighted by Crippen LogP contribution is 2.36. The second kappa shape index (κ2) is 7.94. The van der Waals surface area contributed by atoms with E-state index in [4.69, 9.17) is 4.42 Å². The zero-order valence-corrected chi connectivity index (χ0v) is 15.1. The van der Waals surface area contributed by atoms with Crippen LogP contribution >= 0.6 is 0 Å². The van der Waals surface area contributed by atoms with Gasteiger partial charge in [-0.25, -0.2) is 0 Å². The molecule has 2 aromatic rings. The van der Waals surface area contributed by atoms with Crippen molar-refractivity contribution in [1.82, 2.24) is 4.90 Å². The van der Waals surface area contributed by atoms with Gasteiger partial charge in [-0.3, -0.25) is 4.79 Å². The third kappa shape index (κ3) is 4.75. The summed E-state index contributed by atoms with van der Waals surface area (Å²) in [6, 6.07) is 7.14. The Morgan fingerprint density at radius 2 is 2.00 bits per heavy atom. The van der Waals surface area contributed by atoms with E-state index in [1.807, 2.05) is 4.90 Å². The first-order chi connectivity index (χ1) is 12.8. The van der Waals surface area contributed by atoms with Crippen molar-refractivity contribution in [2.75, 3.05) is 36.9 Å². The van der Waals surface area contributed by atoms with Crippen LogP contribution in [0.5, 0.6) is 0 Å². The first-order valence-corrected chi connectivity index (χ1v) is 8.81. The molecule has 0 bridgehead atoms. The summed E-state index contributed by atoms with van der Waals surface area (Å²) in [5, 5.41) is 2.90. The van der Waals surface area contributed by atoms with Gasteiger partial charge in [0.1, 0.15) is 5.76 Å². The summed E-state index contributed by atoms with van der Waals surface area (Å²) >= 11 is 0. The number of likely N-dealkylation sites (N-methyl/N-ethyl adjacent to an activating group) is 1. The SMILES string of the molecule is CN(Cc1ccco1)C(=O)CNc1cc(C(F)(F)F)ccc1N1CCCC1. The molecule has 1 N–H and O–H groups in total. The lowest BCUT2D eigenvalue weighted by Crippen LogP contribution is -2.32. The van der Waals surface area contributed by atoms with Crippen molar-refractivity contribution in [3.05, 3.63) is 47.9 Å². The first kappa shape index (κ1) is 19.1. The number of alkyl halides is 3. The number of carbonyl (C=O) groups excluding carboxylic acids is 1. The normalized spacial score (nSPS) is 14.4. The molecule has 3 rings (SSSR count). The first-order valence-electron chi connectivity index (χ1n) is 8.81. The third-order valence-corrected chi connectivity index (χ3v) is 4.60. The van der Waals surface area contributed by atoms with E-state index in [9.17, 15) is 18.0 Å². The summed E-state index contributed by atoms with van der Waals surface area (Å²) in [6.45, 7) is 1.80. The second-order valence-electron chi connectivity index (χ2n) is 6.61. The Kier molecular flexibility index (Phi) is 5.62. The lowest BCUT2D eigenvalue weighted by Gasteiger charge is -2.24. The summed E-state index contributed by atoms with van der Waals surface area (Å²) in [5.74, 6) is 0.402. The highest BCUT2D eigenvalue weighted by molar-refractivity contribution is 5.83. The average molecular weight is 381 g/mol. The van der Waals surface area contributed by atoms with Crippen LogP contribution in [-0.4, -0.2) is 37.5 Å². The molecule has 1 saturated heterocycles. The van der Waals surface area contributed by atoms with E-state index in [0.29, 0.717) is 23.7 Å². The molecular formula is C19H22F3N3O2. The van der Waals surface area contributed by atoms with Crippen LogP contribution in [0.4, 0.5) is 24.5 Å². The minimum Gasteiger partial charge on any atom is -0.467 e. The molecule has 0 aliphatic carbocycles. The van der Waals surface area contributed by atoms with Gasteiger partial charge in [0.25, 0.3) is 0 Å². The average Bonchev–Trinajstić information content (AvgIpc) is 3.32. The molecule has 1 aliphatic rings. The number of nitrogens with zero attached hydrogens (tertiary/aromatic N) is 2. The van der Waals surface area contributed by atoms with Gasteiger partial charge in [-0.1, -0.05) is 0 Å². The summed E-state index contributed by atoms with van der Waals surface area (Å²) in [4.78, 5) is 15.9. The molecule has 1 aromatic heterocycles. The number of halogens is 3. The molecule has 0 radical (unpaired) electrons. The molecule has 0 spiro atoms. The molecule has 27 heavy (non-hydrogen) atoms. The molecule has 1 amide bonds. The standard InChI is InChI=1S/C19H22F3N3O2/c1-24(13-15-5-4-10-27-15)18(26)12-23-16-11-14(19(20,21)22)6-7-17(16)25-8-2-3-9-25/h4-7,10-11,23H,2-3,8-9,12-13H2,1H3. The van der Waals surface area contributed by atoms with Crippen molar-refractivity contribution in [3.8, 4) is 0 Å². The fourth-order valence-electron chi connectivity index (χ4n) is 3.12. The quantitative estimate of drug-likeness (QED) is 0.823. The minimum atomic E-state index is -4.43. The second-order valence-corrected chi connectivity index (χ2v) is 6.61. The van der Waals surface area contributed by atoms with Crippen molar-refractivity contribution in [1.29, 1.82) is 0 Å². The molecule has 1 fully saturated rings. The fraction of sp³-hybridized carbons (Fsp3) is 0.421. The smallest absolute Gasteiger partial charge is 0.416 e. The van der Waals surface area contributed by atoms with E-state index in [-0.39, 0.29) is 12.5 Å². The molecule has 0 atom stereocenters. The van der Waals surface area contributed by atoms with E-state index in [0.717, 1.165) is 38.1 Å². The Bertz CT molecular complexity index is 769. The van der Waals surface area contributed by atoms with Crippen LogP contribution in [0.25, 0.3) is 0 Å². The number of amides is 1. The Morgan fingerprint density at radius 1 is 1.26 bits per heavy atom. The summed E-state index contributed by atoms with van der Waals surface area (Å²) < 4.78 is 44.5. The van der Waals surface area contributed by atoms with Gasteiger partial charge >= 0.3 is 6.18 Å². The maximum atomic E-state index is 13.1. The Hall–Kier alpha value is -2.64. The number of anilines is 2. The predicted molar refractivity (Wildman–Crippen MR) is 96.6 cm³/mol. The molecule has 2 heterocycles. The lowest BCUT2D eigenvalue weighted by molar-refractivity contribution is -0.137. The highest BCUT2D eigenvalue weighted by atomic mass is 19.4. The number of carbonyl (C=O) groups is 1. The third-order valence-electron chi connectivity index (χ3n) is 4.60. The zero-order chi connectivity index (χ0) is 19.4. The predicted octanol–water partition coefficient (Wildman–Crippen LogP) is 3.97. The van der Waals surface area contributed by atoms with Gasteiger partial charge in [0.2, 0.25) is 5.91 Å². The number of rotatable bonds is 6. The molecule has 8 heteroatoms. The topological polar surface area (TPSA) is 48.7 Å². The van der Waals surface area contributed by atoms with Crippen LogP contribution in [0, 0.1) is 0 Å². The van der Waals surface area contributed by atoms with Crippen LogP contribution in [0.1, 0.15) is 24.2 Å². The van der Waals surface area contributed by atoms with Crippen molar-refractivity contribution >= 4 is 17.3 Å². The molecule has 5 nitrogen and oxygen atoms in total. The molecule has 1 aromatic carbocycles. The van der Waals surface area contributed by atoms with E-state index < -0.39 is 11.7 Å². The van der Waals surface area contributed by atoms with Gasteiger partial charge in [0.15, 0.2) is 0 Å². The molecule has 146 valence electrons. The molecule has 1 aliphatic heterocycles. The van der Waals surface area contributed by atoms with Crippen molar-refractivity contribution < 1.29 is 22.4 Å².